The number of para-hydroxylation sites is 1. The highest BCUT2D eigenvalue weighted by molar-refractivity contribution is 7.71. The first-order chi connectivity index (χ1) is 8.75. The molecule has 0 bridgehead atoms. The minimum Gasteiger partial charge on any atom is -0.378 e. The summed E-state index contributed by atoms with van der Waals surface area (Å²) in [5.74, 6) is 0. The lowest BCUT2D eigenvalue weighted by atomic mass is 10.1. The van der Waals surface area contributed by atoms with Crippen LogP contribution in [0.2, 0.25) is 0 Å². The van der Waals surface area contributed by atoms with Crippen LogP contribution in [0.3, 0.4) is 0 Å². The molecule has 1 fully saturated rings. The molecule has 18 heavy (non-hydrogen) atoms. The van der Waals surface area contributed by atoms with Gasteiger partial charge in [0.2, 0.25) is 0 Å². The van der Waals surface area contributed by atoms with Crippen LogP contribution in [0.1, 0.15) is 24.8 Å². The van der Waals surface area contributed by atoms with Crippen LogP contribution in [0.25, 0.3) is 11.0 Å². The van der Waals surface area contributed by atoms with E-state index >= 15 is 0 Å². The number of hydrogen-bond donors (Lipinski definition) is 1. The van der Waals surface area contributed by atoms with Gasteiger partial charge in [0, 0.05) is 13.2 Å². The average molecular weight is 262 g/mol. The van der Waals surface area contributed by atoms with Crippen LogP contribution < -0.4 is 0 Å². The summed E-state index contributed by atoms with van der Waals surface area (Å²) >= 11 is 5.42. The Morgan fingerprint density at radius 2 is 2.39 bits per heavy atom. The van der Waals surface area contributed by atoms with Crippen molar-refractivity contribution in [1.29, 1.82) is 0 Å². The van der Waals surface area contributed by atoms with Crippen LogP contribution in [-0.2, 0) is 11.3 Å². The van der Waals surface area contributed by atoms with Gasteiger partial charge in [-0.25, -0.2) is 0 Å². The molecule has 96 valence electrons. The molecule has 1 N–H and O–H groups in total. The lowest BCUT2D eigenvalue weighted by molar-refractivity contribution is 0.101. The van der Waals surface area contributed by atoms with E-state index in [-0.39, 0.29) is 0 Å². The fraction of sp³-hybridized carbons (Fsp3) is 0.500. The third-order valence-corrected chi connectivity index (χ3v) is 4.02. The van der Waals surface area contributed by atoms with E-state index in [1.54, 1.807) is 0 Å². The lowest BCUT2D eigenvalue weighted by Crippen LogP contribution is -2.10. The molecule has 1 atom stereocenters. The number of hydrogen-bond acceptors (Lipinski definition) is 2. The molecule has 0 spiro atoms. The highest BCUT2D eigenvalue weighted by Crippen LogP contribution is 2.21. The summed E-state index contributed by atoms with van der Waals surface area (Å²) < 4.78 is 8.70. The summed E-state index contributed by atoms with van der Waals surface area (Å²) in [6.45, 7) is 3.99. The molecule has 0 amide bonds. The van der Waals surface area contributed by atoms with E-state index in [0.29, 0.717) is 6.10 Å². The molecule has 1 aliphatic heterocycles. The molecule has 0 radical (unpaired) electrons. The van der Waals surface area contributed by atoms with Gasteiger partial charge in [-0.1, -0.05) is 12.1 Å². The van der Waals surface area contributed by atoms with Crippen LogP contribution >= 0.6 is 12.2 Å². The predicted octanol–water partition coefficient (Wildman–Crippen LogP) is 3.58. The van der Waals surface area contributed by atoms with Crippen LogP contribution in [0.15, 0.2) is 18.2 Å². The molecule has 4 heteroatoms. The summed E-state index contributed by atoms with van der Waals surface area (Å²) in [5, 5.41) is 0. The van der Waals surface area contributed by atoms with Crippen LogP contribution in [0.5, 0.6) is 0 Å². The second kappa shape index (κ2) is 4.86. The first kappa shape index (κ1) is 11.9. The van der Waals surface area contributed by atoms with Gasteiger partial charge in [-0.15, -0.1) is 0 Å². The van der Waals surface area contributed by atoms with E-state index < -0.39 is 0 Å². The van der Waals surface area contributed by atoms with Crippen LogP contribution in [0.4, 0.5) is 0 Å². The van der Waals surface area contributed by atoms with E-state index in [1.165, 1.54) is 23.9 Å². The third-order valence-electron chi connectivity index (χ3n) is 3.69. The second-order valence-corrected chi connectivity index (χ2v) is 5.36. The number of nitrogens with one attached hydrogen (secondary N) is 1. The Labute approximate surface area is 112 Å². The van der Waals surface area contributed by atoms with Crippen molar-refractivity contribution in [2.45, 2.75) is 38.8 Å². The molecule has 1 aromatic carbocycles. The van der Waals surface area contributed by atoms with Crippen LogP contribution in [-0.4, -0.2) is 22.3 Å². The number of ether oxygens (including phenoxy) is 1. The van der Waals surface area contributed by atoms with Gasteiger partial charge in [0.15, 0.2) is 4.77 Å². The summed E-state index contributed by atoms with van der Waals surface area (Å²) in [5.41, 5.74) is 3.64. The zero-order chi connectivity index (χ0) is 12.5. The van der Waals surface area contributed by atoms with Crippen molar-refractivity contribution in [3.8, 4) is 0 Å². The van der Waals surface area contributed by atoms with Crippen molar-refractivity contribution in [3.63, 3.8) is 0 Å². The second-order valence-electron chi connectivity index (χ2n) is 4.98. The van der Waals surface area contributed by atoms with Gasteiger partial charge in [0.1, 0.15) is 0 Å². The van der Waals surface area contributed by atoms with Crippen molar-refractivity contribution < 1.29 is 4.74 Å². The van der Waals surface area contributed by atoms with Gasteiger partial charge < -0.3 is 14.3 Å². The van der Waals surface area contributed by atoms with E-state index in [0.717, 1.165) is 29.9 Å². The normalized spacial score (nSPS) is 19.7. The Bertz CT molecular complexity index is 608. The predicted molar refractivity (Wildman–Crippen MR) is 75.5 cm³/mol. The van der Waals surface area contributed by atoms with Gasteiger partial charge in [-0.3, -0.25) is 0 Å². The van der Waals surface area contributed by atoms with E-state index in [9.17, 15) is 0 Å². The Kier molecular flexibility index (Phi) is 3.22. The molecule has 0 aliphatic carbocycles. The third kappa shape index (κ3) is 2.10. The topological polar surface area (TPSA) is 29.9 Å². The van der Waals surface area contributed by atoms with Crippen molar-refractivity contribution in [1.82, 2.24) is 9.55 Å². The molecule has 3 rings (SSSR count). The molecule has 1 saturated heterocycles. The lowest BCUT2D eigenvalue weighted by Gasteiger charge is -2.11. The minimum atomic E-state index is 0.417. The first-order valence-electron chi connectivity index (χ1n) is 6.55. The zero-order valence-electron chi connectivity index (χ0n) is 10.6. The Balaban J connectivity index is 1.90. The van der Waals surface area contributed by atoms with Gasteiger partial charge in [-0.2, -0.15) is 0 Å². The van der Waals surface area contributed by atoms with Gasteiger partial charge in [0.25, 0.3) is 0 Å². The molecule has 1 unspecified atom stereocenters. The fourth-order valence-corrected chi connectivity index (χ4v) is 3.05. The number of aryl methyl sites for hydroxylation is 2. The van der Waals surface area contributed by atoms with Gasteiger partial charge >= 0.3 is 0 Å². The maximum atomic E-state index is 5.68. The van der Waals surface area contributed by atoms with Crippen LogP contribution in [0, 0.1) is 11.7 Å². The van der Waals surface area contributed by atoms with Crippen molar-refractivity contribution in [2.24, 2.45) is 0 Å². The smallest absolute Gasteiger partial charge is 0.178 e. The molecule has 1 aromatic heterocycles. The highest BCUT2D eigenvalue weighted by Gasteiger charge is 2.16. The standard InChI is InChI=1S/C14H18N2OS/c1-10-4-2-6-12-13(10)16(14(18)15-12)8-7-11-5-3-9-17-11/h2,4,6,11H,3,5,7-9H2,1H3,(H,15,18). The Morgan fingerprint density at radius 3 is 3.17 bits per heavy atom. The largest absolute Gasteiger partial charge is 0.378 e. The number of aromatic amines is 1. The molecular weight excluding hydrogens is 244 g/mol. The number of nitrogens with zero attached hydrogens (tertiary/aromatic N) is 1. The van der Waals surface area contributed by atoms with Gasteiger partial charge in [-0.05, 0) is 50.0 Å². The van der Waals surface area contributed by atoms with E-state index in [4.69, 9.17) is 17.0 Å². The zero-order valence-corrected chi connectivity index (χ0v) is 11.4. The Hall–Kier alpha value is -1.13. The monoisotopic (exact) mass is 262 g/mol. The number of rotatable bonds is 3. The van der Waals surface area contributed by atoms with Crippen molar-refractivity contribution >= 4 is 23.3 Å². The maximum Gasteiger partial charge on any atom is 0.178 e. The Morgan fingerprint density at radius 1 is 1.50 bits per heavy atom. The van der Waals surface area contributed by atoms with Gasteiger partial charge in [0.05, 0.1) is 17.1 Å². The maximum absolute atomic E-state index is 5.68. The SMILES string of the molecule is Cc1cccc2[nH]c(=S)n(CCC3CCCO3)c12. The number of aromatic nitrogens is 2. The molecule has 2 heterocycles. The summed E-state index contributed by atoms with van der Waals surface area (Å²) in [4.78, 5) is 3.28. The summed E-state index contributed by atoms with van der Waals surface area (Å²) in [6.07, 6.45) is 3.86. The molecule has 1 aliphatic rings. The first-order valence-corrected chi connectivity index (χ1v) is 6.96. The van der Waals surface area contributed by atoms with E-state index in [1.807, 2.05) is 0 Å². The summed E-state index contributed by atoms with van der Waals surface area (Å²) in [7, 11) is 0. The highest BCUT2D eigenvalue weighted by atomic mass is 32.1. The summed E-state index contributed by atoms with van der Waals surface area (Å²) in [6, 6.07) is 6.28. The number of H-pyrrole nitrogens is 1. The fourth-order valence-electron chi connectivity index (χ4n) is 2.76. The van der Waals surface area contributed by atoms with Crippen molar-refractivity contribution in [3.05, 3.63) is 28.5 Å². The quantitative estimate of drug-likeness (QED) is 0.857. The average Bonchev–Trinajstić information content (AvgIpc) is 2.94. The minimum absolute atomic E-state index is 0.417. The van der Waals surface area contributed by atoms with E-state index in [2.05, 4.69) is 34.7 Å². The number of benzene rings is 1. The molecule has 0 saturated carbocycles. The van der Waals surface area contributed by atoms with Crippen molar-refractivity contribution in [2.75, 3.05) is 6.61 Å². The molecule has 2 aromatic rings. The molecular formula is C14H18N2OS. The number of imidazole rings is 1. The molecule has 3 nitrogen and oxygen atoms in total. The number of fused-ring (bicyclic) bond motifs is 1.